The van der Waals surface area contributed by atoms with E-state index in [0.29, 0.717) is 18.9 Å². The lowest BCUT2D eigenvalue weighted by atomic mass is 10.1. The number of nitrogens with one attached hydrogen (secondary N) is 1. The van der Waals surface area contributed by atoms with E-state index in [1.807, 2.05) is 0 Å². The SMILES string of the molecule is CCOC(=O)N[C@H]1CCCN(S(=O)(=O)c2cc(F)cc(F)c2)C1. The number of ether oxygens (including phenoxy) is 1. The first-order valence-corrected chi connectivity index (χ1v) is 8.66. The molecule has 6 nitrogen and oxygen atoms in total. The van der Waals surface area contributed by atoms with Crippen LogP contribution in [0.2, 0.25) is 0 Å². The quantitative estimate of drug-likeness (QED) is 0.901. The molecule has 1 atom stereocenters. The molecule has 9 heteroatoms. The maximum atomic E-state index is 13.3. The average molecular weight is 348 g/mol. The van der Waals surface area contributed by atoms with Gasteiger partial charge in [-0.2, -0.15) is 4.31 Å². The molecule has 0 radical (unpaired) electrons. The van der Waals surface area contributed by atoms with Crippen LogP contribution in [0.15, 0.2) is 23.1 Å². The summed E-state index contributed by atoms with van der Waals surface area (Å²) in [5, 5.41) is 2.58. The molecule has 0 saturated carbocycles. The van der Waals surface area contributed by atoms with Crippen molar-refractivity contribution >= 4 is 16.1 Å². The lowest BCUT2D eigenvalue weighted by Crippen LogP contribution is -2.49. The van der Waals surface area contributed by atoms with Gasteiger partial charge in [-0.15, -0.1) is 0 Å². The first kappa shape index (κ1) is 17.6. The highest BCUT2D eigenvalue weighted by Crippen LogP contribution is 2.22. The molecule has 0 unspecified atom stereocenters. The largest absolute Gasteiger partial charge is 0.450 e. The summed E-state index contributed by atoms with van der Waals surface area (Å²) >= 11 is 0. The molecule has 0 bridgehead atoms. The summed E-state index contributed by atoms with van der Waals surface area (Å²) < 4.78 is 57.4. The number of amides is 1. The van der Waals surface area contributed by atoms with Crippen molar-refractivity contribution in [3.63, 3.8) is 0 Å². The van der Waals surface area contributed by atoms with E-state index in [1.165, 1.54) is 0 Å². The Hall–Kier alpha value is -1.74. The number of nitrogens with zero attached hydrogens (tertiary/aromatic N) is 1. The van der Waals surface area contributed by atoms with Crippen LogP contribution < -0.4 is 5.32 Å². The second-order valence-corrected chi connectivity index (χ2v) is 7.11. The number of rotatable bonds is 4. The van der Waals surface area contributed by atoms with Gasteiger partial charge in [0.1, 0.15) is 11.6 Å². The topological polar surface area (TPSA) is 75.7 Å². The minimum atomic E-state index is -4.03. The second kappa shape index (κ2) is 7.22. The highest BCUT2D eigenvalue weighted by Gasteiger charge is 2.31. The number of hydrogen-bond donors (Lipinski definition) is 1. The highest BCUT2D eigenvalue weighted by atomic mass is 32.2. The van der Waals surface area contributed by atoms with E-state index in [9.17, 15) is 22.0 Å². The van der Waals surface area contributed by atoms with E-state index in [0.717, 1.165) is 16.4 Å². The minimum absolute atomic E-state index is 0.0271. The first-order valence-electron chi connectivity index (χ1n) is 7.22. The number of halogens is 2. The van der Waals surface area contributed by atoms with E-state index in [-0.39, 0.29) is 19.7 Å². The molecule has 1 heterocycles. The summed E-state index contributed by atoms with van der Waals surface area (Å²) in [5.74, 6) is -1.91. The van der Waals surface area contributed by atoms with Gasteiger partial charge in [-0.3, -0.25) is 0 Å². The molecule has 2 rings (SSSR count). The van der Waals surface area contributed by atoms with Crippen molar-refractivity contribution in [3.05, 3.63) is 29.8 Å². The first-order chi connectivity index (χ1) is 10.8. The van der Waals surface area contributed by atoms with Crippen molar-refractivity contribution in [3.8, 4) is 0 Å². The number of carbonyl (C=O) groups excluding carboxylic acids is 1. The van der Waals surface area contributed by atoms with Gasteiger partial charge in [0.15, 0.2) is 0 Å². The van der Waals surface area contributed by atoms with Crippen molar-refractivity contribution in [2.24, 2.45) is 0 Å². The maximum Gasteiger partial charge on any atom is 0.407 e. The molecule has 1 aliphatic rings. The third-order valence-corrected chi connectivity index (χ3v) is 5.30. The number of alkyl carbamates (subject to hydrolysis) is 1. The zero-order valence-electron chi connectivity index (χ0n) is 12.6. The van der Waals surface area contributed by atoms with Crippen molar-refractivity contribution in [1.82, 2.24) is 9.62 Å². The summed E-state index contributed by atoms with van der Waals surface area (Å²) in [6.07, 6.45) is 0.504. The third-order valence-electron chi connectivity index (χ3n) is 3.46. The third kappa shape index (κ3) is 4.38. The van der Waals surface area contributed by atoms with Gasteiger partial charge in [0.05, 0.1) is 11.5 Å². The molecule has 1 saturated heterocycles. The molecule has 1 fully saturated rings. The van der Waals surface area contributed by atoms with Gasteiger partial charge in [0.25, 0.3) is 0 Å². The van der Waals surface area contributed by atoms with Gasteiger partial charge in [-0.1, -0.05) is 0 Å². The van der Waals surface area contributed by atoms with E-state index >= 15 is 0 Å². The molecule has 0 spiro atoms. The van der Waals surface area contributed by atoms with Crippen molar-refractivity contribution in [2.45, 2.75) is 30.7 Å². The van der Waals surface area contributed by atoms with Crippen molar-refractivity contribution in [2.75, 3.05) is 19.7 Å². The Morgan fingerprint density at radius 3 is 2.61 bits per heavy atom. The Bertz CT molecular complexity index is 661. The van der Waals surface area contributed by atoms with Crippen LogP contribution in [-0.4, -0.2) is 44.6 Å². The smallest absolute Gasteiger partial charge is 0.407 e. The molecule has 1 aromatic carbocycles. The summed E-state index contributed by atoms with van der Waals surface area (Å²) in [7, 11) is -4.03. The Morgan fingerprint density at radius 2 is 2.00 bits per heavy atom. The summed E-state index contributed by atoms with van der Waals surface area (Å²) in [6.45, 7) is 2.12. The van der Waals surface area contributed by atoms with E-state index < -0.39 is 38.7 Å². The van der Waals surface area contributed by atoms with E-state index in [2.05, 4.69) is 5.32 Å². The Balaban J connectivity index is 2.14. The Labute approximate surface area is 133 Å². The van der Waals surface area contributed by atoms with Crippen LogP contribution in [0, 0.1) is 11.6 Å². The molecule has 1 N–H and O–H groups in total. The fourth-order valence-electron chi connectivity index (χ4n) is 2.44. The van der Waals surface area contributed by atoms with Gasteiger partial charge in [0, 0.05) is 25.2 Å². The van der Waals surface area contributed by atoms with Gasteiger partial charge in [0.2, 0.25) is 10.0 Å². The van der Waals surface area contributed by atoms with Crippen LogP contribution in [0.4, 0.5) is 13.6 Å². The molecule has 1 amide bonds. The molecule has 1 aromatic rings. The zero-order chi connectivity index (χ0) is 17.0. The van der Waals surface area contributed by atoms with Crippen LogP contribution >= 0.6 is 0 Å². The standard InChI is InChI=1S/C14H18F2N2O4S/c1-2-22-14(19)17-12-4-3-5-18(9-12)23(20,21)13-7-10(15)6-11(16)8-13/h6-8,12H,2-5,9H2,1H3,(H,17,19)/t12-/m0/s1. The van der Waals surface area contributed by atoms with E-state index in [1.54, 1.807) is 6.92 Å². The molecule has 0 aromatic heterocycles. The number of piperidine rings is 1. The lowest BCUT2D eigenvalue weighted by molar-refractivity contribution is 0.142. The fourth-order valence-corrected chi connectivity index (χ4v) is 4.01. The van der Waals surface area contributed by atoms with Gasteiger partial charge in [-0.25, -0.2) is 22.0 Å². The molecule has 1 aliphatic heterocycles. The number of hydrogen-bond acceptors (Lipinski definition) is 4. The molecule has 23 heavy (non-hydrogen) atoms. The van der Waals surface area contributed by atoms with Crippen LogP contribution in [0.25, 0.3) is 0 Å². The summed E-state index contributed by atoms with van der Waals surface area (Å²) in [4.78, 5) is 11.0. The number of benzene rings is 1. The van der Waals surface area contributed by atoms with Crippen LogP contribution in [0.5, 0.6) is 0 Å². The van der Waals surface area contributed by atoms with Crippen molar-refractivity contribution in [1.29, 1.82) is 0 Å². The van der Waals surface area contributed by atoms with Gasteiger partial charge < -0.3 is 10.1 Å². The average Bonchev–Trinajstić information content (AvgIpc) is 2.46. The highest BCUT2D eigenvalue weighted by molar-refractivity contribution is 7.89. The fraction of sp³-hybridized carbons (Fsp3) is 0.500. The number of sulfonamides is 1. The van der Waals surface area contributed by atoms with Crippen molar-refractivity contribution < 1.29 is 26.7 Å². The normalized spacial score (nSPS) is 19.3. The van der Waals surface area contributed by atoms with Gasteiger partial charge >= 0.3 is 6.09 Å². The minimum Gasteiger partial charge on any atom is -0.450 e. The molecular weight excluding hydrogens is 330 g/mol. The van der Waals surface area contributed by atoms with Gasteiger partial charge in [-0.05, 0) is 31.9 Å². The number of carbonyl (C=O) groups is 1. The zero-order valence-corrected chi connectivity index (χ0v) is 13.4. The summed E-state index contributed by atoms with van der Waals surface area (Å²) in [6, 6.07) is 1.76. The second-order valence-electron chi connectivity index (χ2n) is 5.17. The molecular formula is C14H18F2N2O4S. The Kier molecular flexibility index (Phi) is 5.53. The lowest BCUT2D eigenvalue weighted by Gasteiger charge is -2.32. The van der Waals surface area contributed by atoms with Crippen LogP contribution in [0.3, 0.4) is 0 Å². The van der Waals surface area contributed by atoms with Crippen LogP contribution in [-0.2, 0) is 14.8 Å². The summed E-state index contributed by atoms with van der Waals surface area (Å²) in [5.41, 5.74) is 0. The van der Waals surface area contributed by atoms with E-state index in [4.69, 9.17) is 4.74 Å². The predicted octanol–water partition coefficient (Wildman–Crippen LogP) is 1.86. The monoisotopic (exact) mass is 348 g/mol. The maximum absolute atomic E-state index is 13.3. The Morgan fingerprint density at radius 1 is 1.35 bits per heavy atom. The predicted molar refractivity (Wildman–Crippen MR) is 78.3 cm³/mol. The molecule has 128 valence electrons. The molecule has 0 aliphatic carbocycles. The van der Waals surface area contributed by atoms with Crippen LogP contribution in [0.1, 0.15) is 19.8 Å².